The second-order valence-electron chi connectivity index (χ2n) is 3.89. The maximum absolute atomic E-state index is 11.9. The zero-order valence-corrected chi connectivity index (χ0v) is 10.7. The van der Waals surface area contributed by atoms with Crippen LogP contribution in [0.3, 0.4) is 0 Å². The lowest BCUT2D eigenvalue weighted by atomic mass is 10.2. The number of carbonyl (C=O) groups excluding carboxylic acids is 2. The molecule has 7 heteroatoms. The molecule has 0 aromatic rings. The van der Waals surface area contributed by atoms with Crippen molar-refractivity contribution in [2.75, 3.05) is 31.6 Å². The average molecular weight is 260 g/mol. The quantitative estimate of drug-likeness (QED) is 0.739. The zero-order chi connectivity index (χ0) is 13.0. The summed E-state index contributed by atoms with van der Waals surface area (Å²) in [5.41, 5.74) is 0. The molecule has 0 spiro atoms. The maximum Gasteiger partial charge on any atom is 0.327 e. The molecule has 17 heavy (non-hydrogen) atoms. The van der Waals surface area contributed by atoms with E-state index in [0.717, 1.165) is 5.75 Å². The molecule has 0 radical (unpaired) electrons. The van der Waals surface area contributed by atoms with Crippen LogP contribution in [-0.2, 0) is 14.4 Å². The summed E-state index contributed by atoms with van der Waals surface area (Å²) in [6, 6.07) is -0.776. The molecule has 1 rings (SSSR count). The Hall–Kier alpha value is -1.24. The number of aliphatic carboxylic acids is 1. The molecule has 1 aliphatic rings. The van der Waals surface area contributed by atoms with Gasteiger partial charge >= 0.3 is 5.97 Å². The van der Waals surface area contributed by atoms with Crippen molar-refractivity contribution in [1.82, 2.24) is 9.80 Å². The Morgan fingerprint density at radius 1 is 1.47 bits per heavy atom. The van der Waals surface area contributed by atoms with Crippen molar-refractivity contribution in [3.05, 3.63) is 0 Å². The van der Waals surface area contributed by atoms with Crippen LogP contribution in [-0.4, -0.2) is 70.4 Å². The molecule has 1 atom stereocenters. The minimum Gasteiger partial charge on any atom is -0.480 e. The van der Waals surface area contributed by atoms with Gasteiger partial charge in [0.15, 0.2) is 0 Å². The molecule has 0 aromatic heterocycles. The van der Waals surface area contributed by atoms with Crippen molar-refractivity contribution in [3.63, 3.8) is 0 Å². The Bertz CT molecular complexity index is 334. The highest BCUT2D eigenvalue weighted by Crippen LogP contribution is 2.17. The first-order chi connectivity index (χ1) is 7.93. The second-order valence-corrected chi connectivity index (χ2v) is 5.04. The Kier molecular flexibility index (Phi) is 4.80. The van der Waals surface area contributed by atoms with Crippen molar-refractivity contribution in [3.8, 4) is 0 Å². The van der Waals surface area contributed by atoms with Crippen molar-refractivity contribution in [1.29, 1.82) is 0 Å². The van der Waals surface area contributed by atoms with E-state index in [1.165, 1.54) is 35.5 Å². The molecule has 1 saturated heterocycles. The lowest BCUT2D eigenvalue weighted by Gasteiger charge is -2.33. The molecule has 0 saturated carbocycles. The van der Waals surface area contributed by atoms with Crippen molar-refractivity contribution in [2.45, 2.75) is 13.0 Å². The van der Waals surface area contributed by atoms with Crippen LogP contribution in [0.15, 0.2) is 0 Å². The summed E-state index contributed by atoms with van der Waals surface area (Å²) in [5.74, 6) is -0.368. The van der Waals surface area contributed by atoms with Crippen molar-refractivity contribution < 1.29 is 19.5 Å². The number of amides is 2. The van der Waals surface area contributed by atoms with E-state index in [1.54, 1.807) is 0 Å². The Balaban J connectivity index is 2.65. The highest BCUT2D eigenvalue weighted by atomic mass is 32.2. The predicted molar refractivity (Wildman–Crippen MR) is 63.8 cm³/mol. The van der Waals surface area contributed by atoms with Crippen molar-refractivity contribution in [2.24, 2.45) is 0 Å². The van der Waals surface area contributed by atoms with E-state index >= 15 is 0 Å². The van der Waals surface area contributed by atoms with Crippen LogP contribution >= 0.6 is 11.8 Å². The van der Waals surface area contributed by atoms with E-state index < -0.39 is 12.0 Å². The number of hydrogen-bond donors (Lipinski definition) is 1. The Labute approximate surface area is 104 Å². The van der Waals surface area contributed by atoms with Gasteiger partial charge in [-0.2, -0.15) is 11.8 Å². The van der Waals surface area contributed by atoms with E-state index in [-0.39, 0.29) is 18.4 Å². The van der Waals surface area contributed by atoms with Gasteiger partial charge in [-0.15, -0.1) is 0 Å². The summed E-state index contributed by atoms with van der Waals surface area (Å²) in [7, 11) is 1.52. The fraction of sp³-hybridized carbons (Fsp3) is 0.700. The number of rotatable bonds is 3. The van der Waals surface area contributed by atoms with Gasteiger partial charge in [0.25, 0.3) is 0 Å². The van der Waals surface area contributed by atoms with E-state index in [2.05, 4.69) is 0 Å². The van der Waals surface area contributed by atoms with Gasteiger partial charge in [0, 0.05) is 32.0 Å². The molecule has 0 aromatic carbocycles. The summed E-state index contributed by atoms with van der Waals surface area (Å²) in [6.45, 7) is 1.73. The molecule has 1 aliphatic heterocycles. The molecule has 6 nitrogen and oxygen atoms in total. The molecular weight excluding hydrogens is 244 g/mol. The van der Waals surface area contributed by atoms with Crippen LogP contribution in [0.4, 0.5) is 0 Å². The smallest absolute Gasteiger partial charge is 0.327 e. The summed E-state index contributed by atoms with van der Waals surface area (Å²) in [4.78, 5) is 36.5. The summed E-state index contributed by atoms with van der Waals surface area (Å²) in [6.07, 6.45) is 0. The van der Waals surface area contributed by atoms with Crippen LogP contribution in [0, 0.1) is 0 Å². The molecule has 0 aliphatic carbocycles. The SMILES string of the molecule is CC(=O)N(C)CC(=O)N1CCSCC1C(=O)O. The zero-order valence-electron chi connectivity index (χ0n) is 9.88. The maximum atomic E-state index is 11.9. The fourth-order valence-corrected chi connectivity index (χ4v) is 2.55. The van der Waals surface area contributed by atoms with E-state index in [9.17, 15) is 14.4 Å². The molecule has 2 amide bonds. The second kappa shape index (κ2) is 5.90. The first kappa shape index (κ1) is 13.8. The van der Waals surface area contributed by atoms with Crippen LogP contribution in [0.1, 0.15) is 6.92 Å². The lowest BCUT2D eigenvalue weighted by molar-refractivity contribution is -0.150. The van der Waals surface area contributed by atoms with Crippen molar-refractivity contribution >= 4 is 29.5 Å². The first-order valence-electron chi connectivity index (χ1n) is 5.25. The van der Waals surface area contributed by atoms with Gasteiger partial charge in [0.1, 0.15) is 6.04 Å². The largest absolute Gasteiger partial charge is 0.480 e. The Morgan fingerprint density at radius 2 is 2.12 bits per heavy atom. The van der Waals surface area contributed by atoms with Gasteiger partial charge in [-0.3, -0.25) is 9.59 Å². The average Bonchev–Trinajstić information content (AvgIpc) is 2.28. The van der Waals surface area contributed by atoms with Gasteiger partial charge in [-0.05, 0) is 0 Å². The predicted octanol–water partition coefficient (Wildman–Crippen LogP) is -0.507. The number of carboxylic acid groups (broad SMARTS) is 1. The standard InChI is InChI=1S/C10H16N2O4S/c1-7(13)11(2)5-9(14)12-3-4-17-6-8(12)10(15)16/h8H,3-6H2,1-2H3,(H,15,16). The number of nitrogens with zero attached hydrogens (tertiary/aromatic N) is 2. The normalized spacial score (nSPS) is 19.9. The van der Waals surface area contributed by atoms with Crippen LogP contribution in [0.5, 0.6) is 0 Å². The number of carbonyl (C=O) groups is 3. The third kappa shape index (κ3) is 3.62. The van der Waals surface area contributed by atoms with Gasteiger partial charge in [-0.1, -0.05) is 0 Å². The summed E-state index contributed by atoms with van der Waals surface area (Å²) in [5, 5.41) is 9.01. The third-order valence-corrected chi connectivity index (χ3v) is 3.67. The first-order valence-corrected chi connectivity index (χ1v) is 6.40. The van der Waals surface area contributed by atoms with E-state index in [0.29, 0.717) is 12.3 Å². The molecule has 1 heterocycles. The van der Waals surface area contributed by atoms with Gasteiger partial charge in [0.2, 0.25) is 11.8 Å². The van der Waals surface area contributed by atoms with Crippen LogP contribution in [0.2, 0.25) is 0 Å². The van der Waals surface area contributed by atoms with Gasteiger partial charge in [0.05, 0.1) is 6.54 Å². The molecule has 96 valence electrons. The van der Waals surface area contributed by atoms with Crippen LogP contribution < -0.4 is 0 Å². The number of likely N-dealkylation sites (N-methyl/N-ethyl adjacent to an activating group) is 1. The monoisotopic (exact) mass is 260 g/mol. The van der Waals surface area contributed by atoms with E-state index in [1.807, 2.05) is 0 Å². The number of thioether (sulfide) groups is 1. The minimum atomic E-state index is -0.990. The molecule has 0 bridgehead atoms. The topological polar surface area (TPSA) is 77.9 Å². The lowest BCUT2D eigenvalue weighted by Crippen LogP contribution is -2.53. The van der Waals surface area contributed by atoms with Gasteiger partial charge in [-0.25, -0.2) is 4.79 Å². The van der Waals surface area contributed by atoms with E-state index in [4.69, 9.17) is 5.11 Å². The summed E-state index contributed by atoms with van der Waals surface area (Å²) < 4.78 is 0. The Morgan fingerprint density at radius 3 is 2.65 bits per heavy atom. The number of hydrogen-bond acceptors (Lipinski definition) is 4. The van der Waals surface area contributed by atoms with Crippen LogP contribution in [0.25, 0.3) is 0 Å². The van der Waals surface area contributed by atoms with Gasteiger partial charge < -0.3 is 14.9 Å². The fourth-order valence-electron chi connectivity index (χ4n) is 1.51. The summed E-state index contributed by atoms with van der Waals surface area (Å²) >= 11 is 1.52. The minimum absolute atomic E-state index is 0.0657. The molecular formula is C10H16N2O4S. The molecule has 1 unspecified atom stereocenters. The molecule has 1 fully saturated rings. The third-order valence-electron chi connectivity index (χ3n) is 2.64. The highest BCUT2D eigenvalue weighted by molar-refractivity contribution is 7.99. The highest BCUT2D eigenvalue weighted by Gasteiger charge is 2.32. The number of carboxylic acids is 1. The molecule has 1 N–H and O–H groups in total.